The largest absolute Gasteiger partial charge is 0.376 e. The molecule has 1 fully saturated rings. The van der Waals surface area contributed by atoms with Crippen molar-refractivity contribution in [2.24, 2.45) is 0 Å². The molecule has 2 rings (SSSR count). The maximum Gasteiger partial charge on any atom is 0.255 e. The van der Waals surface area contributed by atoms with Gasteiger partial charge in [-0.1, -0.05) is 15.9 Å². The molecule has 1 aliphatic rings. The van der Waals surface area contributed by atoms with Crippen molar-refractivity contribution < 1.29 is 14.3 Å². The van der Waals surface area contributed by atoms with E-state index in [4.69, 9.17) is 14.7 Å². The summed E-state index contributed by atoms with van der Waals surface area (Å²) in [4.78, 5) is 11.9. The Kier molecular flexibility index (Phi) is 4.31. The van der Waals surface area contributed by atoms with Gasteiger partial charge in [-0.15, -0.1) is 0 Å². The predicted octanol–water partition coefficient (Wildman–Crippen LogP) is 1.67. The van der Waals surface area contributed by atoms with E-state index in [1.54, 1.807) is 18.2 Å². The summed E-state index contributed by atoms with van der Waals surface area (Å²) in [5.74, 6) is -0.302. The number of nitrogens with one attached hydrogen (secondary N) is 1. The van der Waals surface area contributed by atoms with Gasteiger partial charge in [-0.3, -0.25) is 4.79 Å². The third-order valence-corrected chi connectivity index (χ3v) is 2.96. The lowest BCUT2D eigenvalue weighted by Gasteiger charge is -2.22. The van der Waals surface area contributed by atoms with Crippen LogP contribution in [0.1, 0.15) is 5.56 Å². The van der Waals surface area contributed by atoms with Crippen LogP contribution in [0.15, 0.2) is 22.7 Å². The summed E-state index contributed by atoms with van der Waals surface area (Å²) in [7, 11) is 0. The van der Waals surface area contributed by atoms with Crippen LogP contribution < -0.4 is 5.32 Å². The fraction of sp³-hybridized carbons (Fsp3) is 0.333. The highest BCUT2D eigenvalue weighted by Gasteiger charge is 2.23. The van der Waals surface area contributed by atoms with E-state index in [0.29, 0.717) is 24.5 Å². The van der Waals surface area contributed by atoms with Crippen molar-refractivity contribution in [1.29, 1.82) is 5.26 Å². The van der Waals surface area contributed by atoms with Crippen molar-refractivity contribution in [3.05, 3.63) is 28.2 Å². The number of hydrogen-bond donors (Lipinski definition) is 1. The summed E-state index contributed by atoms with van der Waals surface area (Å²) >= 11 is 3.29. The normalized spacial score (nSPS) is 19.0. The summed E-state index contributed by atoms with van der Waals surface area (Å²) < 4.78 is 11.2. The lowest BCUT2D eigenvalue weighted by atomic mass is 10.2. The molecule has 1 aromatic carbocycles. The van der Waals surface area contributed by atoms with E-state index < -0.39 is 6.10 Å². The van der Waals surface area contributed by atoms with Crippen LogP contribution in [0.3, 0.4) is 0 Å². The average molecular weight is 311 g/mol. The average Bonchev–Trinajstić information content (AvgIpc) is 2.40. The third kappa shape index (κ3) is 3.07. The number of halogens is 1. The van der Waals surface area contributed by atoms with E-state index in [1.807, 2.05) is 6.07 Å². The van der Waals surface area contributed by atoms with Gasteiger partial charge in [0, 0.05) is 4.47 Å². The zero-order chi connectivity index (χ0) is 13.0. The Morgan fingerprint density at radius 1 is 1.50 bits per heavy atom. The molecule has 0 spiro atoms. The smallest absolute Gasteiger partial charge is 0.255 e. The van der Waals surface area contributed by atoms with Gasteiger partial charge in [-0.25, -0.2) is 0 Å². The molecule has 0 bridgehead atoms. The predicted molar refractivity (Wildman–Crippen MR) is 68.0 cm³/mol. The van der Waals surface area contributed by atoms with E-state index >= 15 is 0 Å². The maximum absolute atomic E-state index is 11.9. The molecule has 1 N–H and O–H groups in total. The lowest BCUT2D eigenvalue weighted by Crippen LogP contribution is -2.39. The van der Waals surface area contributed by atoms with Crippen LogP contribution in [0.2, 0.25) is 0 Å². The number of carbonyl (C=O) groups is 1. The number of hydrogen-bond acceptors (Lipinski definition) is 4. The van der Waals surface area contributed by atoms with E-state index in [2.05, 4.69) is 21.2 Å². The van der Waals surface area contributed by atoms with Crippen LogP contribution in [0.4, 0.5) is 5.69 Å². The van der Waals surface area contributed by atoms with Gasteiger partial charge in [0.1, 0.15) is 6.07 Å². The quantitative estimate of drug-likeness (QED) is 0.902. The molecule has 0 aliphatic carbocycles. The highest BCUT2D eigenvalue weighted by atomic mass is 79.9. The molecule has 18 heavy (non-hydrogen) atoms. The van der Waals surface area contributed by atoms with Gasteiger partial charge in [0.05, 0.1) is 31.1 Å². The zero-order valence-electron chi connectivity index (χ0n) is 9.48. The third-order valence-electron chi connectivity index (χ3n) is 2.47. The highest BCUT2D eigenvalue weighted by Crippen LogP contribution is 2.21. The molecule has 1 heterocycles. The minimum absolute atomic E-state index is 0.238. The minimum Gasteiger partial charge on any atom is -0.376 e. The summed E-state index contributed by atoms with van der Waals surface area (Å²) in [6, 6.07) is 7.09. The van der Waals surface area contributed by atoms with Crippen LogP contribution in [0.25, 0.3) is 0 Å². The Morgan fingerprint density at radius 3 is 3.00 bits per heavy atom. The Labute approximate surface area is 113 Å². The molecule has 1 aromatic rings. The zero-order valence-corrected chi connectivity index (χ0v) is 11.1. The first-order valence-corrected chi connectivity index (χ1v) is 6.20. The monoisotopic (exact) mass is 310 g/mol. The van der Waals surface area contributed by atoms with Gasteiger partial charge in [-0.2, -0.15) is 5.26 Å². The Balaban J connectivity index is 2.11. The lowest BCUT2D eigenvalue weighted by molar-refractivity contribution is -0.142. The summed E-state index contributed by atoms with van der Waals surface area (Å²) in [5, 5.41) is 11.6. The highest BCUT2D eigenvalue weighted by molar-refractivity contribution is 9.10. The Bertz CT molecular complexity index is 493. The second kappa shape index (κ2) is 5.96. The molecular formula is C12H11BrN2O3. The van der Waals surface area contributed by atoms with Gasteiger partial charge >= 0.3 is 0 Å². The SMILES string of the molecule is N#Cc1ccc(Br)cc1NC(=O)C1COCCO1. The molecule has 6 heteroatoms. The molecule has 1 amide bonds. The number of rotatable bonds is 2. The van der Waals surface area contributed by atoms with Crippen LogP contribution >= 0.6 is 15.9 Å². The first-order chi connectivity index (χ1) is 8.70. The molecule has 1 atom stereocenters. The maximum atomic E-state index is 11.9. The van der Waals surface area contributed by atoms with Crippen molar-refractivity contribution in [2.75, 3.05) is 25.1 Å². The number of nitrogens with zero attached hydrogens (tertiary/aromatic N) is 1. The molecule has 94 valence electrons. The second-order valence-corrected chi connectivity index (χ2v) is 4.64. The van der Waals surface area contributed by atoms with Crippen LogP contribution in [0.5, 0.6) is 0 Å². The van der Waals surface area contributed by atoms with Crippen LogP contribution in [-0.2, 0) is 14.3 Å². The number of benzene rings is 1. The summed E-state index contributed by atoms with van der Waals surface area (Å²) in [6.07, 6.45) is -0.621. The fourth-order valence-corrected chi connectivity index (χ4v) is 1.93. The van der Waals surface area contributed by atoms with Crippen LogP contribution in [0, 0.1) is 11.3 Å². The molecule has 0 aromatic heterocycles. The Morgan fingerprint density at radius 2 is 2.33 bits per heavy atom. The number of carbonyl (C=O) groups excluding carboxylic acids is 1. The van der Waals surface area contributed by atoms with Gasteiger partial charge in [0.15, 0.2) is 6.10 Å². The van der Waals surface area contributed by atoms with Crippen molar-refractivity contribution in [1.82, 2.24) is 0 Å². The van der Waals surface area contributed by atoms with Gasteiger partial charge in [0.25, 0.3) is 5.91 Å². The summed E-state index contributed by atoms with van der Waals surface area (Å²) in [5.41, 5.74) is 0.870. The molecule has 1 aliphatic heterocycles. The van der Waals surface area contributed by atoms with Gasteiger partial charge in [0.2, 0.25) is 0 Å². The number of ether oxygens (including phenoxy) is 2. The van der Waals surface area contributed by atoms with Gasteiger partial charge < -0.3 is 14.8 Å². The van der Waals surface area contributed by atoms with Crippen LogP contribution in [-0.4, -0.2) is 31.8 Å². The Hall–Kier alpha value is -1.42. The van der Waals surface area contributed by atoms with E-state index in [1.165, 1.54) is 0 Å². The fourth-order valence-electron chi connectivity index (χ4n) is 1.57. The minimum atomic E-state index is -0.621. The number of amides is 1. The second-order valence-electron chi connectivity index (χ2n) is 3.73. The van der Waals surface area contributed by atoms with Crippen molar-refractivity contribution in [3.8, 4) is 6.07 Å². The van der Waals surface area contributed by atoms with Crippen molar-refractivity contribution in [3.63, 3.8) is 0 Å². The topological polar surface area (TPSA) is 71.4 Å². The molecule has 0 radical (unpaired) electrons. The number of anilines is 1. The van der Waals surface area contributed by atoms with Crippen molar-refractivity contribution in [2.45, 2.75) is 6.10 Å². The van der Waals surface area contributed by atoms with E-state index in [-0.39, 0.29) is 12.5 Å². The summed E-state index contributed by atoms with van der Waals surface area (Å²) in [6.45, 7) is 1.15. The molecule has 5 nitrogen and oxygen atoms in total. The molecular weight excluding hydrogens is 300 g/mol. The first kappa shape index (κ1) is 13.0. The standard InChI is InChI=1S/C12H11BrN2O3/c13-9-2-1-8(6-14)10(5-9)15-12(16)11-7-17-3-4-18-11/h1-2,5,11H,3-4,7H2,(H,15,16). The van der Waals surface area contributed by atoms with Gasteiger partial charge in [-0.05, 0) is 18.2 Å². The number of nitriles is 1. The molecule has 1 unspecified atom stereocenters. The molecule has 0 saturated carbocycles. The molecule has 1 saturated heterocycles. The van der Waals surface area contributed by atoms with E-state index in [9.17, 15) is 4.79 Å². The van der Waals surface area contributed by atoms with E-state index in [0.717, 1.165) is 4.47 Å². The van der Waals surface area contributed by atoms with Crippen molar-refractivity contribution >= 4 is 27.5 Å². The first-order valence-electron chi connectivity index (χ1n) is 5.40.